The van der Waals surface area contributed by atoms with Crippen molar-refractivity contribution in [1.82, 2.24) is 0 Å². The first-order valence-corrected chi connectivity index (χ1v) is 7.29. The predicted molar refractivity (Wildman–Crippen MR) is 74.5 cm³/mol. The van der Waals surface area contributed by atoms with E-state index in [1.54, 1.807) is 13.8 Å². The average Bonchev–Trinajstić information content (AvgIpc) is 2.39. The minimum atomic E-state index is -4.91. The second kappa shape index (κ2) is 6.52. The number of alkyl halides is 3. The monoisotopic (exact) mass is 324 g/mol. The summed E-state index contributed by atoms with van der Waals surface area (Å²) in [6, 6.07) is 0.832. The fourth-order valence-electron chi connectivity index (χ4n) is 2.86. The summed E-state index contributed by atoms with van der Waals surface area (Å²) in [5.74, 6) is -3.00. The molecule has 0 radical (unpaired) electrons. The zero-order valence-corrected chi connectivity index (χ0v) is 13.1. The topological polar surface area (TPSA) is 20.2 Å². The van der Waals surface area contributed by atoms with Crippen molar-refractivity contribution in [3.8, 4) is 0 Å². The molecule has 0 spiro atoms. The van der Waals surface area contributed by atoms with E-state index in [4.69, 9.17) is 0 Å². The molecule has 1 aliphatic rings. The molecule has 0 bridgehead atoms. The van der Waals surface area contributed by atoms with E-state index in [1.807, 2.05) is 13.8 Å². The van der Waals surface area contributed by atoms with E-state index in [1.165, 1.54) is 0 Å². The molecule has 0 saturated heterocycles. The maximum atomic E-state index is 13.9. The number of rotatable bonds is 2. The van der Waals surface area contributed by atoms with Crippen LogP contribution in [0.4, 0.5) is 22.0 Å². The van der Waals surface area contributed by atoms with Gasteiger partial charge >= 0.3 is 6.18 Å². The Labute approximate surface area is 127 Å². The Hall–Kier alpha value is -1.17. The Bertz CT molecular complexity index is 518. The molecule has 2 rings (SSSR count). The van der Waals surface area contributed by atoms with Crippen molar-refractivity contribution in [3.63, 3.8) is 0 Å². The van der Waals surface area contributed by atoms with Crippen LogP contribution in [0.25, 0.3) is 0 Å². The van der Waals surface area contributed by atoms with Crippen molar-refractivity contribution < 1.29 is 27.1 Å². The predicted octanol–water partition coefficient (Wildman–Crippen LogP) is 5.27. The minimum absolute atomic E-state index is 0.0788. The van der Waals surface area contributed by atoms with Crippen LogP contribution in [0.15, 0.2) is 12.1 Å². The van der Waals surface area contributed by atoms with Gasteiger partial charge in [-0.3, -0.25) is 0 Å². The van der Waals surface area contributed by atoms with Crippen molar-refractivity contribution >= 4 is 0 Å². The molecule has 1 saturated carbocycles. The lowest BCUT2D eigenvalue weighted by molar-refractivity contribution is -0.140. The van der Waals surface area contributed by atoms with Crippen molar-refractivity contribution in [2.75, 3.05) is 0 Å². The first-order valence-electron chi connectivity index (χ1n) is 7.29. The van der Waals surface area contributed by atoms with Crippen molar-refractivity contribution in [2.24, 2.45) is 5.41 Å². The van der Waals surface area contributed by atoms with Gasteiger partial charge in [0.15, 0.2) is 0 Å². The molecule has 0 aliphatic heterocycles. The fourth-order valence-corrected chi connectivity index (χ4v) is 2.86. The minimum Gasteiger partial charge on any atom is -0.393 e. The van der Waals surface area contributed by atoms with E-state index in [2.05, 4.69) is 0 Å². The van der Waals surface area contributed by atoms with Crippen LogP contribution in [0, 0.1) is 17.0 Å². The molecule has 22 heavy (non-hydrogen) atoms. The molecule has 1 atom stereocenters. The van der Waals surface area contributed by atoms with E-state index >= 15 is 0 Å². The van der Waals surface area contributed by atoms with Gasteiger partial charge in [0.25, 0.3) is 0 Å². The molecule has 1 aromatic carbocycles. The van der Waals surface area contributed by atoms with Crippen molar-refractivity contribution in [2.45, 2.75) is 58.7 Å². The van der Waals surface area contributed by atoms with Gasteiger partial charge in [-0.05, 0) is 41.9 Å². The molecule has 1 aromatic rings. The van der Waals surface area contributed by atoms with E-state index in [-0.39, 0.29) is 11.6 Å². The average molecular weight is 324 g/mol. The molecule has 0 aromatic heterocycles. The number of halogens is 5. The van der Waals surface area contributed by atoms with Crippen LogP contribution in [0.5, 0.6) is 0 Å². The van der Waals surface area contributed by atoms with Crippen LogP contribution in [0.2, 0.25) is 0 Å². The standard InChI is InChI=1S/C14H15F5O.C2H6/c1-7(13(2)5-8(20)6-13)9-3-12(16)10(4-11(9)15)14(17,18)19;1-2/h3-4,7-8,20H,5-6H2,1-2H3;1-2H3. The van der Waals surface area contributed by atoms with Crippen LogP contribution in [-0.2, 0) is 6.18 Å². The molecule has 1 unspecified atom stereocenters. The first kappa shape index (κ1) is 18.9. The second-order valence-corrected chi connectivity index (χ2v) is 5.79. The SMILES string of the molecule is CC.CC(c1cc(F)c(C(F)(F)F)cc1F)C1(C)CC(O)C1. The quantitative estimate of drug-likeness (QED) is 0.734. The number of hydrogen-bond donors (Lipinski definition) is 1. The van der Waals surface area contributed by atoms with Gasteiger partial charge < -0.3 is 5.11 Å². The van der Waals surface area contributed by atoms with Crippen molar-refractivity contribution in [1.29, 1.82) is 0 Å². The lowest BCUT2D eigenvalue weighted by atomic mass is 9.59. The number of aliphatic hydroxyl groups is 1. The van der Waals surface area contributed by atoms with Gasteiger partial charge in [0.1, 0.15) is 11.6 Å². The zero-order chi connectivity index (χ0) is 17.3. The molecule has 1 aliphatic carbocycles. The summed E-state index contributed by atoms with van der Waals surface area (Å²) in [4.78, 5) is 0. The van der Waals surface area contributed by atoms with Gasteiger partial charge in [0.05, 0.1) is 11.7 Å². The number of hydrogen-bond acceptors (Lipinski definition) is 1. The molecular formula is C16H21F5O. The molecule has 126 valence electrons. The van der Waals surface area contributed by atoms with Crippen molar-refractivity contribution in [3.05, 3.63) is 34.9 Å². The summed E-state index contributed by atoms with van der Waals surface area (Å²) < 4.78 is 64.9. The van der Waals surface area contributed by atoms with Gasteiger partial charge in [-0.25, -0.2) is 8.78 Å². The molecule has 0 amide bonds. The Morgan fingerprint density at radius 3 is 2.05 bits per heavy atom. The lowest BCUT2D eigenvalue weighted by Crippen LogP contribution is -2.42. The normalized spacial score (nSPS) is 25.8. The largest absolute Gasteiger partial charge is 0.419 e. The smallest absolute Gasteiger partial charge is 0.393 e. The van der Waals surface area contributed by atoms with Crippen LogP contribution in [0.3, 0.4) is 0 Å². The second-order valence-electron chi connectivity index (χ2n) is 5.79. The Morgan fingerprint density at radius 1 is 1.14 bits per heavy atom. The Kier molecular flexibility index (Phi) is 5.60. The summed E-state index contributed by atoms with van der Waals surface area (Å²) in [7, 11) is 0. The van der Waals surface area contributed by atoms with Gasteiger partial charge in [-0.15, -0.1) is 0 Å². The van der Waals surface area contributed by atoms with E-state index in [9.17, 15) is 27.1 Å². The first-order chi connectivity index (χ1) is 10.0. The summed E-state index contributed by atoms with van der Waals surface area (Å²) >= 11 is 0. The van der Waals surface area contributed by atoms with E-state index in [0.717, 1.165) is 0 Å². The highest BCUT2D eigenvalue weighted by Gasteiger charge is 2.45. The van der Waals surface area contributed by atoms with Gasteiger partial charge in [-0.1, -0.05) is 27.7 Å². The van der Waals surface area contributed by atoms with Gasteiger partial charge in [0.2, 0.25) is 0 Å². The van der Waals surface area contributed by atoms with E-state index in [0.29, 0.717) is 18.9 Å². The third-order valence-electron chi connectivity index (χ3n) is 4.31. The highest BCUT2D eigenvalue weighted by molar-refractivity contribution is 5.32. The third-order valence-corrected chi connectivity index (χ3v) is 4.31. The maximum absolute atomic E-state index is 13.9. The molecule has 0 heterocycles. The van der Waals surface area contributed by atoms with Crippen LogP contribution in [0.1, 0.15) is 57.6 Å². The molecule has 6 heteroatoms. The number of benzene rings is 1. The van der Waals surface area contributed by atoms with Gasteiger partial charge in [0, 0.05) is 0 Å². The van der Waals surface area contributed by atoms with Crippen LogP contribution >= 0.6 is 0 Å². The third kappa shape index (κ3) is 3.59. The summed E-state index contributed by atoms with van der Waals surface area (Å²) in [5, 5.41) is 9.34. The maximum Gasteiger partial charge on any atom is 0.419 e. The lowest BCUT2D eigenvalue weighted by Gasteiger charge is -2.47. The Balaban J connectivity index is 0.00000116. The summed E-state index contributed by atoms with van der Waals surface area (Å²) in [5.41, 5.74) is -2.10. The molecule has 1 N–H and O–H groups in total. The molecule has 1 fully saturated rings. The summed E-state index contributed by atoms with van der Waals surface area (Å²) in [6.45, 7) is 7.44. The molecule has 1 nitrogen and oxygen atoms in total. The van der Waals surface area contributed by atoms with Crippen LogP contribution < -0.4 is 0 Å². The van der Waals surface area contributed by atoms with Crippen LogP contribution in [-0.4, -0.2) is 11.2 Å². The fraction of sp³-hybridized carbons (Fsp3) is 0.625. The highest BCUT2D eigenvalue weighted by Crippen LogP contribution is 2.51. The summed E-state index contributed by atoms with van der Waals surface area (Å²) in [6.07, 6.45) is -4.54. The molecular weight excluding hydrogens is 303 g/mol. The van der Waals surface area contributed by atoms with Gasteiger partial charge in [-0.2, -0.15) is 13.2 Å². The highest BCUT2D eigenvalue weighted by atomic mass is 19.4. The number of aliphatic hydroxyl groups excluding tert-OH is 1. The Morgan fingerprint density at radius 2 is 1.64 bits per heavy atom. The van der Waals surface area contributed by atoms with E-state index < -0.39 is 40.8 Å². The zero-order valence-electron chi connectivity index (χ0n) is 13.1.